The summed E-state index contributed by atoms with van der Waals surface area (Å²) in [5.74, 6) is 0.485. The highest BCUT2D eigenvalue weighted by atomic mass is 16.6. The molecule has 0 fully saturated rings. The predicted octanol–water partition coefficient (Wildman–Crippen LogP) is 4.74. The van der Waals surface area contributed by atoms with E-state index in [0.717, 1.165) is 23.3 Å². The molecule has 0 unspecified atom stereocenters. The number of hydrogen-bond donors (Lipinski definition) is 1. The van der Waals surface area contributed by atoms with E-state index in [1.54, 1.807) is 6.07 Å². The molecule has 3 rings (SSSR count). The number of nitrogens with zero attached hydrogens (tertiary/aromatic N) is 2. The molecular formula is C20H23N3O2. The average Bonchev–Trinajstić information content (AvgIpc) is 2.81. The number of benzene rings is 1. The number of rotatable bonds is 3. The van der Waals surface area contributed by atoms with Gasteiger partial charge in [0.25, 0.3) is 0 Å². The minimum atomic E-state index is -0.538. The Morgan fingerprint density at radius 2 is 1.88 bits per heavy atom. The van der Waals surface area contributed by atoms with Crippen LogP contribution in [0.5, 0.6) is 0 Å². The molecule has 0 bridgehead atoms. The van der Waals surface area contributed by atoms with E-state index in [4.69, 9.17) is 4.74 Å². The van der Waals surface area contributed by atoms with Crippen LogP contribution in [0.25, 0.3) is 11.0 Å². The van der Waals surface area contributed by atoms with Gasteiger partial charge in [0, 0.05) is 12.2 Å². The van der Waals surface area contributed by atoms with Crippen LogP contribution in [-0.4, -0.2) is 21.2 Å². The summed E-state index contributed by atoms with van der Waals surface area (Å²) in [6, 6.07) is 16.1. The molecule has 5 nitrogen and oxygen atoms in total. The molecule has 2 aromatic heterocycles. The van der Waals surface area contributed by atoms with Crippen LogP contribution in [-0.2, 0) is 11.3 Å². The Labute approximate surface area is 147 Å². The number of fused-ring (bicyclic) bond motifs is 1. The van der Waals surface area contributed by atoms with E-state index in [1.165, 1.54) is 5.56 Å². The van der Waals surface area contributed by atoms with Gasteiger partial charge in [-0.3, -0.25) is 5.32 Å². The largest absolute Gasteiger partial charge is 0.444 e. The summed E-state index contributed by atoms with van der Waals surface area (Å²) in [5, 5.41) is 2.69. The highest BCUT2D eigenvalue weighted by molar-refractivity contribution is 5.86. The Morgan fingerprint density at radius 1 is 1.16 bits per heavy atom. The number of ether oxygens (including phenoxy) is 1. The van der Waals surface area contributed by atoms with E-state index in [-0.39, 0.29) is 0 Å². The average molecular weight is 337 g/mol. The van der Waals surface area contributed by atoms with Crippen LogP contribution in [0, 0.1) is 6.92 Å². The van der Waals surface area contributed by atoms with Crippen LogP contribution in [0.3, 0.4) is 0 Å². The lowest BCUT2D eigenvalue weighted by Gasteiger charge is -2.19. The number of nitrogens with one attached hydrogen (secondary N) is 1. The van der Waals surface area contributed by atoms with Crippen molar-refractivity contribution in [2.24, 2.45) is 0 Å². The predicted molar refractivity (Wildman–Crippen MR) is 99.9 cm³/mol. The molecule has 2 heterocycles. The monoisotopic (exact) mass is 337 g/mol. The van der Waals surface area contributed by atoms with Gasteiger partial charge in [-0.05, 0) is 51.5 Å². The summed E-state index contributed by atoms with van der Waals surface area (Å²) in [6.07, 6.45) is -0.500. The maximum absolute atomic E-state index is 11.9. The van der Waals surface area contributed by atoms with Gasteiger partial charge in [-0.2, -0.15) is 0 Å². The number of hydrogen-bond acceptors (Lipinski definition) is 3. The Hall–Kier alpha value is -2.82. The second-order valence-corrected chi connectivity index (χ2v) is 7.09. The third-order valence-corrected chi connectivity index (χ3v) is 3.78. The van der Waals surface area contributed by atoms with Gasteiger partial charge in [-0.25, -0.2) is 9.78 Å². The Morgan fingerprint density at radius 3 is 2.56 bits per heavy atom. The minimum absolute atomic E-state index is 0.485. The van der Waals surface area contributed by atoms with Gasteiger partial charge in [0.15, 0.2) is 0 Å². The van der Waals surface area contributed by atoms with Gasteiger partial charge in [0.1, 0.15) is 11.4 Å². The summed E-state index contributed by atoms with van der Waals surface area (Å²) in [4.78, 5) is 16.4. The summed E-state index contributed by atoms with van der Waals surface area (Å²) in [5.41, 5.74) is 3.71. The highest BCUT2D eigenvalue weighted by Gasteiger charge is 2.17. The minimum Gasteiger partial charge on any atom is -0.444 e. The number of carbonyl (C=O) groups excluding carboxylic acids is 1. The van der Waals surface area contributed by atoms with E-state index in [0.29, 0.717) is 5.82 Å². The van der Waals surface area contributed by atoms with Crippen LogP contribution in [0.1, 0.15) is 32.0 Å². The standard InChI is InChI=1S/C20H23N3O2/c1-14-12-16-17(23(14)13-15-8-6-5-7-9-15)10-11-18(21-16)22-19(24)25-20(2,3)4/h5-12H,13H2,1-4H3,(H,21,22,24). The summed E-state index contributed by atoms with van der Waals surface area (Å²) in [7, 11) is 0. The SMILES string of the molecule is Cc1cc2nc(NC(=O)OC(C)(C)C)ccc2n1Cc1ccccc1. The molecule has 25 heavy (non-hydrogen) atoms. The zero-order valence-corrected chi connectivity index (χ0v) is 15.0. The van der Waals surface area contributed by atoms with E-state index < -0.39 is 11.7 Å². The van der Waals surface area contributed by atoms with Crippen molar-refractivity contribution in [3.05, 3.63) is 59.8 Å². The smallest absolute Gasteiger partial charge is 0.413 e. The number of aromatic nitrogens is 2. The Bertz CT molecular complexity index is 892. The molecule has 3 aromatic rings. The lowest BCUT2D eigenvalue weighted by atomic mass is 10.2. The highest BCUT2D eigenvalue weighted by Crippen LogP contribution is 2.22. The van der Waals surface area contributed by atoms with Crippen molar-refractivity contribution < 1.29 is 9.53 Å². The van der Waals surface area contributed by atoms with Crippen LogP contribution >= 0.6 is 0 Å². The molecule has 0 aliphatic heterocycles. The van der Waals surface area contributed by atoms with Crippen molar-refractivity contribution in [3.63, 3.8) is 0 Å². The number of pyridine rings is 1. The van der Waals surface area contributed by atoms with Gasteiger partial charge >= 0.3 is 6.09 Å². The number of amides is 1. The maximum atomic E-state index is 11.9. The fraction of sp³-hybridized carbons (Fsp3) is 0.300. The molecule has 0 saturated carbocycles. The number of anilines is 1. The molecule has 1 N–H and O–H groups in total. The Kier molecular flexibility index (Phi) is 4.49. The topological polar surface area (TPSA) is 56.1 Å². The lowest BCUT2D eigenvalue weighted by Crippen LogP contribution is -2.27. The van der Waals surface area contributed by atoms with Crippen molar-refractivity contribution in [2.45, 2.75) is 39.8 Å². The van der Waals surface area contributed by atoms with Crippen LogP contribution in [0.15, 0.2) is 48.5 Å². The van der Waals surface area contributed by atoms with Crippen molar-refractivity contribution >= 4 is 22.9 Å². The first-order chi connectivity index (χ1) is 11.8. The van der Waals surface area contributed by atoms with Gasteiger partial charge < -0.3 is 9.30 Å². The second kappa shape index (κ2) is 6.59. The number of aryl methyl sites for hydroxylation is 1. The zero-order chi connectivity index (χ0) is 18.0. The van der Waals surface area contributed by atoms with E-state index in [9.17, 15) is 4.79 Å². The van der Waals surface area contributed by atoms with Crippen LogP contribution in [0.4, 0.5) is 10.6 Å². The first kappa shape index (κ1) is 17.0. The molecule has 1 aromatic carbocycles. The van der Waals surface area contributed by atoms with Crippen LogP contribution in [0.2, 0.25) is 0 Å². The quantitative estimate of drug-likeness (QED) is 0.751. The molecule has 130 valence electrons. The molecule has 0 radical (unpaired) electrons. The zero-order valence-electron chi connectivity index (χ0n) is 15.0. The van der Waals surface area contributed by atoms with Crippen LogP contribution < -0.4 is 5.32 Å². The molecule has 0 saturated heterocycles. The first-order valence-electron chi connectivity index (χ1n) is 8.33. The molecule has 5 heteroatoms. The maximum Gasteiger partial charge on any atom is 0.413 e. The van der Waals surface area contributed by atoms with Crippen molar-refractivity contribution in [3.8, 4) is 0 Å². The van der Waals surface area contributed by atoms with Crippen molar-refractivity contribution in [2.75, 3.05) is 5.32 Å². The molecule has 0 aliphatic carbocycles. The van der Waals surface area contributed by atoms with E-state index in [1.807, 2.05) is 51.1 Å². The molecule has 0 aliphatic rings. The van der Waals surface area contributed by atoms with Crippen molar-refractivity contribution in [1.82, 2.24) is 9.55 Å². The Balaban J connectivity index is 1.84. The van der Waals surface area contributed by atoms with Gasteiger partial charge in [0.2, 0.25) is 0 Å². The third-order valence-electron chi connectivity index (χ3n) is 3.78. The van der Waals surface area contributed by atoms with E-state index >= 15 is 0 Å². The fourth-order valence-corrected chi connectivity index (χ4v) is 2.72. The summed E-state index contributed by atoms with van der Waals surface area (Å²) in [6.45, 7) is 8.34. The normalized spacial score (nSPS) is 11.5. The fourth-order valence-electron chi connectivity index (χ4n) is 2.72. The first-order valence-corrected chi connectivity index (χ1v) is 8.33. The van der Waals surface area contributed by atoms with E-state index in [2.05, 4.69) is 33.9 Å². The van der Waals surface area contributed by atoms with Gasteiger partial charge in [-0.15, -0.1) is 0 Å². The van der Waals surface area contributed by atoms with Gasteiger partial charge in [0.05, 0.1) is 11.0 Å². The summed E-state index contributed by atoms with van der Waals surface area (Å²) < 4.78 is 7.48. The third kappa shape index (κ3) is 4.18. The molecular weight excluding hydrogens is 314 g/mol. The lowest BCUT2D eigenvalue weighted by molar-refractivity contribution is 0.0635. The number of carbonyl (C=O) groups is 1. The molecule has 0 spiro atoms. The second-order valence-electron chi connectivity index (χ2n) is 7.09. The van der Waals surface area contributed by atoms with Crippen molar-refractivity contribution in [1.29, 1.82) is 0 Å². The summed E-state index contributed by atoms with van der Waals surface area (Å²) >= 11 is 0. The van der Waals surface area contributed by atoms with Gasteiger partial charge in [-0.1, -0.05) is 30.3 Å². The molecule has 1 amide bonds. The molecule has 0 atom stereocenters.